The fraction of sp³-hybridized carbons (Fsp3) is 0.375. The van der Waals surface area contributed by atoms with E-state index in [1.54, 1.807) is 12.5 Å². The molecule has 0 amide bonds. The number of hydrogen-bond donors (Lipinski definition) is 0. The number of aliphatic imine (C=N–C) groups is 1. The van der Waals surface area contributed by atoms with Gasteiger partial charge in [0.1, 0.15) is 0 Å². The van der Waals surface area contributed by atoms with E-state index in [1.807, 2.05) is 4.90 Å². The first-order valence-electron chi connectivity index (χ1n) is 3.26. The molecule has 0 aromatic rings. The summed E-state index contributed by atoms with van der Waals surface area (Å²) in [6.45, 7) is 11.2. The normalized spacial score (nSPS) is 10.3. The summed E-state index contributed by atoms with van der Waals surface area (Å²) in [6, 6.07) is 0.404. The first-order chi connectivity index (χ1) is 4.72. The van der Waals surface area contributed by atoms with Gasteiger partial charge in [-0.15, -0.1) is 0 Å². The van der Waals surface area contributed by atoms with Gasteiger partial charge >= 0.3 is 0 Å². The van der Waals surface area contributed by atoms with E-state index in [9.17, 15) is 0 Å². The highest BCUT2D eigenvalue weighted by Gasteiger charge is 1.96. The summed E-state index contributed by atoms with van der Waals surface area (Å²) in [5, 5.41) is 0. The SMILES string of the molecule is C=CN=CN(C=C)C(C)C. The van der Waals surface area contributed by atoms with Gasteiger partial charge < -0.3 is 4.90 Å². The highest BCUT2D eigenvalue weighted by molar-refractivity contribution is 5.57. The lowest BCUT2D eigenvalue weighted by Gasteiger charge is -2.17. The zero-order valence-corrected chi connectivity index (χ0v) is 6.62. The van der Waals surface area contributed by atoms with Crippen molar-refractivity contribution >= 4 is 6.34 Å². The molecule has 0 bridgehead atoms. The average molecular weight is 138 g/mol. The first-order valence-corrected chi connectivity index (χ1v) is 3.26. The monoisotopic (exact) mass is 138 g/mol. The molecule has 0 aromatic carbocycles. The summed E-state index contributed by atoms with van der Waals surface area (Å²) in [4.78, 5) is 5.76. The Bertz CT molecular complexity index is 136. The molecular formula is C8H14N2. The van der Waals surface area contributed by atoms with E-state index >= 15 is 0 Å². The summed E-state index contributed by atoms with van der Waals surface area (Å²) >= 11 is 0. The third-order valence-electron chi connectivity index (χ3n) is 1.11. The molecular weight excluding hydrogens is 124 g/mol. The molecule has 2 nitrogen and oxygen atoms in total. The molecule has 0 N–H and O–H groups in total. The Balaban J connectivity index is 3.94. The molecule has 0 saturated carbocycles. The van der Waals surface area contributed by atoms with E-state index in [1.165, 1.54) is 6.20 Å². The molecule has 0 rings (SSSR count). The Morgan fingerprint density at radius 3 is 2.30 bits per heavy atom. The molecule has 0 aromatic heterocycles. The van der Waals surface area contributed by atoms with Crippen LogP contribution in [0.1, 0.15) is 13.8 Å². The van der Waals surface area contributed by atoms with Crippen LogP contribution in [-0.2, 0) is 0 Å². The van der Waals surface area contributed by atoms with E-state index in [4.69, 9.17) is 0 Å². The molecule has 0 heterocycles. The van der Waals surface area contributed by atoms with Crippen molar-refractivity contribution in [3.05, 3.63) is 25.6 Å². The molecule has 56 valence electrons. The van der Waals surface area contributed by atoms with Gasteiger partial charge in [0.25, 0.3) is 0 Å². The maximum Gasteiger partial charge on any atom is 0.0946 e. The van der Waals surface area contributed by atoms with Crippen LogP contribution < -0.4 is 0 Å². The minimum atomic E-state index is 0.404. The van der Waals surface area contributed by atoms with Gasteiger partial charge in [-0.2, -0.15) is 0 Å². The topological polar surface area (TPSA) is 15.6 Å². The number of hydrogen-bond acceptors (Lipinski definition) is 1. The van der Waals surface area contributed by atoms with Crippen molar-refractivity contribution in [3.63, 3.8) is 0 Å². The minimum absolute atomic E-state index is 0.404. The average Bonchev–Trinajstić information content (AvgIpc) is 1.89. The van der Waals surface area contributed by atoms with Crippen molar-refractivity contribution in [2.24, 2.45) is 4.99 Å². The third-order valence-corrected chi connectivity index (χ3v) is 1.11. The highest BCUT2D eigenvalue weighted by atomic mass is 15.1. The van der Waals surface area contributed by atoms with Crippen LogP contribution >= 0.6 is 0 Å². The second kappa shape index (κ2) is 4.79. The van der Waals surface area contributed by atoms with Gasteiger partial charge in [-0.1, -0.05) is 13.2 Å². The van der Waals surface area contributed by atoms with Gasteiger partial charge in [-0.3, -0.25) is 0 Å². The van der Waals surface area contributed by atoms with E-state index in [2.05, 4.69) is 32.0 Å². The molecule has 2 heteroatoms. The van der Waals surface area contributed by atoms with Gasteiger partial charge in [-0.05, 0) is 20.0 Å². The fourth-order valence-electron chi connectivity index (χ4n) is 0.515. The van der Waals surface area contributed by atoms with Gasteiger partial charge in [0, 0.05) is 12.2 Å². The summed E-state index contributed by atoms with van der Waals surface area (Å²) in [6.07, 6.45) is 4.93. The zero-order chi connectivity index (χ0) is 7.98. The number of rotatable bonds is 4. The summed E-state index contributed by atoms with van der Waals surface area (Å²) in [7, 11) is 0. The molecule has 0 aliphatic heterocycles. The molecule has 0 fully saturated rings. The van der Waals surface area contributed by atoms with Gasteiger partial charge in [0.05, 0.1) is 6.34 Å². The maximum absolute atomic E-state index is 3.86. The second-order valence-electron chi connectivity index (χ2n) is 2.17. The van der Waals surface area contributed by atoms with Gasteiger partial charge in [-0.25, -0.2) is 4.99 Å². The summed E-state index contributed by atoms with van der Waals surface area (Å²) in [5.41, 5.74) is 0. The molecule has 0 aliphatic rings. The van der Waals surface area contributed by atoms with Crippen LogP contribution in [0.5, 0.6) is 0 Å². The maximum atomic E-state index is 3.86. The van der Waals surface area contributed by atoms with Gasteiger partial charge in [0.2, 0.25) is 0 Å². The highest BCUT2D eigenvalue weighted by Crippen LogP contribution is 1.93. The standard InChI is InChI=1S/C8H14N2/c1-5-9-7-10(6-2)8(3)4/h5-8H,1-2H2,3-4H3. The van der Waals surface area contributed by atoms with Crippen LogP contribution in [0.25, 0.3) is 0 Å². The fourth-order valence-corrected chi connectivity index (χ4v) is 0.515. The Kier molecular flexibility index (Phi) is 4.29. The molecule has 0 spiro atoms. The van der Waals surface area contributed by atoms with Crippen molar-refractivity contribution in [1.82, 2.24) is 4.90 Å². The van der Waals surface area contributed by atoms with Crippen molar-refractivity contribution in [1.29, 1.82) is 0 Å². The Labute approximate surface area is 62.6 Å². The summed E-state index contributed by atoms with van der Waals surface area (Å²) < 4.78 is 0. The molecule has 0 aliphatic carbocycles. The molecule has 0 unspecified atom stereocenters. The summed E-state index contributed by atoms with van der Waals surface area (Å²) in [5.74, 6) is 0. The van der Waals surface area contributed by atoms with Crippen LogP contribution in [-0.4, -0.2) is 17.3 Å². The predicted molar refractivity (Wildman–Crippen MR) is 45.9 cm³/mol. The Morgan fingerprint density at radius 2 is 2.00 bits per heavy atom. The second-order valence-corrected chi connectivity index (χ2v) is 2.17. The van der Waals surface area contributed by atoms with Crippen LogP contribution in [0.2, 0.25) is 0 Å². The van der Waals surface area contributed by atoms with Crippen molar-refractivity contribution in [2.75, 3.05) is 0 Å². The number of nitrogens with zero attached hydrogens (tertiary/aromatic N) is 2. The van der Waals surface area contributed by atoms with Crippen LogP contribution in [0.3, 0.4) is 0 Å². The van der Waals surface area contributed by atoms with E-state index < -0.39 is 0 Å². The molecule has 0 radical (unpaired) electrons. The lowest BCUT2D eigenvalue weighted by Crippen LogP contribution is -2.22. The quantitative estimate of drug-likeness (QED) is 0.428. The first kappa shape index (κ1) is 8.95. The Morgan fingerprint density at radius 1 is 1.40 bits per heavy atom. The minimum Gasteiger partial charge on any atom is -0.337 e. The van der Waals surface area contributed by atoms with Crippen molar-refractivity contribution in [2.45, 2.75) is 19.9 Å². The smallest absolute Gasteiger partial charge is 0.0946 e. The van der Waals surface area contributed by atoms with E-state index in [-0.39, 0.29) is 0 Å². The zero-order valence-electron chi connectivity index (χ0n) is 6.62. The van der Waals surface area contributed by atoms with E-state index in [0.29, 0.717) is 6.04 Å². The van der Waals surface area contributed by atoms with Crippen molar-refractivity contribution in [3.8, 4) is 0 Å². The Hall–Kier alpha value is -1.05. The molecule has 0 atom stereocenters. The lowest BCUT2D eigenvalue weighted by atomic mass is 10.4. The molecule has 10 heavy (non-hydrogen) atoms. The van der Waals surface area contributed by atoms with Crippen molar-refractivity contribution < 1.29 is 0 Å². The van der Waals surface area contributed by atoms with E-state index in [0.717, 1.165) is 0 Å². The van der Waals surface area contributed by atoms with Gasteiger partial charge in [0.15, 0.2) is 0 Å². The lowest BCUT2D eigenvalue weighted by molar-refractivity contribution is 0.472. The van der Waals surface area contributed by atoms with Crippen LogP contribution in [0.4, 0.5) is 0 Å². The van der Waals surface area contributed by atoms with Crippen LogP contribution in [0, 0.1) is 0 Å². The third kappa shape index (κ3) is 3.07. The molecule has 0 saturated heterocycles. The predicted octanol–water partition coefficient (Wildman–Crippen LogP) is 2.01. The largest absolute Gasteiger partial charge is 0.337 e. The van der Waals surface area contributed by atoms with Crippen LogP contribution in [0.15, 0.2) is 30.6 Å².